The molecule has 23 heavy (non-hydrogen) atoms. The van der Waals surface area contributed by atoms with Crippen LogP contribution in [0.15, 0.2) is 24.3 Å². The van der Waals surface area contributed by atoms with E-state index in [0.29, 0.717) is 5.88 Å². The Balaban J connectivity index is 2.22. The summed E-state index contributed by atoms with van der Waals surface area (Å²) in [5.74, 6) is 0.561. The van der Waals surface area contributed by atoms with E-state index in [1.807, 2.05) is 0 Å². The predicted molar refractivity (Wildman–Crippen MR) is 98.6 cm³/mol. The van der Waals surface area contributed by atoms with E-state index in [1.165, 1.54) is 24.8 Å². The Hall–Kier alpha value is -0.570. The molecule has 1 aliphatic rings. The minimum Gasteiger partial charge on any atom is -0.290 e. The number of hydrogen-bond acceptors (Lipinski definition) is 2. The third-order valence-electron chi connectivity index (χ3n) is 4.97. The van der Waals surface area contributed by atoms with Gasteiger partial charge in [0.25, 0.3) is 0 Å². The second-order valence-corrected chi connectivity index (χ2v) is 8.30. The maximum Gasteiger partial charge on any atom is 0.104 e. The molecule has 2 nitrogen and oxygen atoms in total. The van der Waals surface area contributed by atoms with Crippen molar-refractivity contribution in [2.75, 3.05) is 0 Å². The van der Waals surface area contributed by atoms with Crippen molar-refractivity contribution < 1.29 is 4.84 Å². The molecule has 1 saturated heterocycles. The first-order valence-corrected chi connectivity index (χ1v) is 9.45. The van der Waals surface area contributed by atoms with Crippen molar-refractivity contribution in [3.8, 4) is 0 Å². The van der Waals surface area contributed by atoms with Crippen molar-refractivity contribution in [1.29, 1.82) is 0 Å². The van der Waals surface area contributed by atoms with E-state index in [1.54, 1.807) is 0 Å². The molecule has 0 bridgehead atoms. The van der Waals surface area contributed by atoms with Crippen LogP contribution in [0.2, 0.25) is 0 Å². The molecule has 0 radical (unpaired) electrons. The highest BCUT2D eigenvalue weighted by Gasteiger charge is 2.43. The molecule has 2 rings (SSSR count). The molecule has 0 N–H and O–H groups in total. The van der Waals surface area contributed by atoms with Crippen LogP contribution in [0, 0.1) is 0 Å². The molecule has 0 spiro atoms. The Morgan fingerprint density at radius 3 is 2.13 bits per heavy atom. The van der Waals surface area contributed by atoms with Gasteiger partial charge in [0.2, 0.25) is 0 Å². The van der Waals surface area contributed by atoms with Crippen LogP contribution in [0.3, 0.4) is 0 Å². The van der Waals surface area contributed by atoms with Gasteiger partial charge in [0.1, 0.15) is 6.10 Å². The summed E-state index contributed by atoms with van der Waals surface area (Å²) in [5, 5.41) is 2.28. The molecule has 0 amide bonds. The van der Waals surface area contributed by atoms with E-state index in [9.17, 15) is 0 Å². The zero-order valence-electron chi connectivity index (χ0n) is 15.4. The molecular formula is C20H32ClNO. The van der Waals surface area contributed by atoms with Crippen molar-refractivity contribution in [2.24, 2.45) is 0 Å². The molecule has 0 saturated carbocycles. The monoisotopic (exact) mass is 337 g/mol. The van der Waals surface area contributed by atoms with E-state index >= 15 is 0 Å². The van der Waals surface area contributed by atoms with Gasteiger partial charge in [-0.25, -0.2) is 0 Å². The molecule has 130 valence electrons. The van der Waals surface area contributed by atoms with Crippen molar-refractivity contribution in [3.63, 3.8) is 0 Å². The number of benzene rings is 1. The van der Waals surface area contributed by atoms with Gasteiger partial charge in [-0.3, -0.25) is 4.84 Å². The summed E-state index contributed by atoms with van der Waals surface area (Å²) in [6.45, 7) is 11.4. The number of hydrogen-bond donors (Lipinski definition) is 0. The van der Waals surface area contributed by atoms with Crippen LogP contribution in [0.5, 0.6) is 0 Å². The molecule has 1 heterocycles. The zero-order chi connectivity index (χ0) is 17.1. The lowest BCUT2D eigenvalue weighted by molar-refractivity contribution is -0.308. The molecule has 1 atom stereocenters. The Morgan fingerprint density at radius 2 is 1.65 bits per heavy atom. The van der Waals surface area contributed by atoms with Gasteiger partial charge in [-0.1, -0.05) is 37.6 Å². The van der Waals surface area contributed by atoms with Gasteiger partial charge < -0.3 is 0 Å². The molecule has 1 aromatic rings. The normalized spacial score (nSPS) is 22.0. The van der Waals surface area contributed by atoms with Crippen molar-refractivity contribution in [1.82, 2.24) is 5.06 Å². The van der Waals surface area contributed by atoms with Crippen molar-refractivity contribution in [2.45, 2.75) is 89.8 Å². The minimum atomic E-state index is 0.0732. The molecule has 0 aromatic heterocycles. The Kier molecular flexibility index (Phi) is 6.16. The first-order valence-electron chi connectivity index (χ1n) is 8.92. The van der Waals surface area contributed by atoms with Gasteiger partial charge in [0, 0.05) is 17.0 Å². The Labute approximate surface area is 147 Å². The average molecular weight is 338 g/mol. The van der Waals surface area contributed by atoms with Gasteiger partial charge >= 0.3 is 0 Å². The summed E-state index contributed by atoms with van der Waals surface area (Å²) in [7, 11) is 0. The van der Waals surface area contributed by atoms with Gasteiger partial charge in [0.15, 0.2) is 0 Å². The zero-order valence-corrected chi connectivity index (χ0v) is 16.1. The average Bonchev–Trinajstić information content (AvgIpc) is 2.49. The third kappa shape index (κ3) is 4.49. The second-order valence-electron chi connectivity index (χ2n) is 8.03. The number of rotatable bonds is 6. The highest BCUT2D eigenvalue weighted by Crippen LogP contribution is 2.41. The van der Waals surface area contributed by atoms with Gasteiger partial charge in [-0.15, -0.1) is 11.6 Å². The third-order valence-corrected chi connectivity index (χ3v) is 5.27. The number of piperidine rings is 1. The summed E-state index contributed by atoms with van der Waals surface area (Å²) >= 11 is 5.91. The molecule has 0 unspecified atom stereocenters. The summed E-state index contributed by atoms with van der Waals surface area (Å²) < 4.78 is 0. The smallest absolute Gasteiger partial charge is 0.104 e. The molecule has 0 aliphatic carbocycles. The van der Waals surface area contributed by atoms with Crippen molar-refractivity contribution in [3.05, 3.63) is 35.4 Å². The topological polar surface area (TPSA) is 12.5 Å². The summed E-state index contributed by atoms with van der Waals surface area (Å²) in [6.07, 6.45) is 5.88. The Bertz CT molecular complexity index is 479. The number of halogens is 1. The first kappa shape index (κ1) is 18.8. The van der Waals surface area contributed by atoms with Crippen LogP contribution in [-0.2, 0) is 10.7 Å². The van der Waals surface area contributed by atoms with Gasteiger partial charge in [-0.2, -0.15) is 5.06 Å². The first-order chi connectivity index (χ1) is 10.8. The summed E-state index contributed by atoms with van der Waals surface area (Å²) in [5.41, 5.74) is 2.55. The lowest BCUT2D eigenvalue weighted by atomic mass is 9.82. The lowest BCUT2D eigenvalue weighted by Gasteiger charge is -2.52. The van der Waals surface area contributed by atoms with Crippen LogP contribution >= 0.6 is 11.6 Å². The van der Waals surface area contributed by atoms with E-state index in [-0.39, 0.29) is 17.2 Å². The van der Waals surface area contributed by atoms with Crippen LogP contribution in [-0.4, -0.2) is 16.1 Å². The fourth-order valence-electron chi connectivity index (χ4n) is 3.75. The lowest BCUT2D eigenvalue weighted by Crippen LogP contribution is -2.58. The van der Waals surface area contributed by atoms with Crippen LogP contribution in [0.25, 0.3) is 0 Å². The summed E-state index contributed by atoms with van der Waals surface area (Å²) in [4.78, 5) is 6.62. The van der Waals surface area contributed by atoms with Crippen molar-refractivity contribution >= 4 is 11.6 Å². The molecule has 1 aliphatic heterocycles. The second kappa shape index (κ2) is 7.55. The number of alkyl halides is 1. The quantitative estimate of drug-likeness (QED) is 0.569. The molecular weight excluding hydrogens is 306 g/mol. The van der Waals surface area contributed by atoms with E-state index < -0.39 is 0 Å². The van der Waals surface area contributed by atoms with E-state index in [4.69, 9.17) is 16.4 Å². The van der Waals surface area contributed by atoms with Crippen LogP contribution in [0.4, 0.5) is 0 Å². The molecule has 1 aromatic carbocycles. The minimum absolute atomic E-state index is 0.0732. The highest BCUT2D eigenvalue weighted by molar-refractivity contribution is 6.17. The fraction of sp³-hybridized carbons (Fsp3) is 0.700. The predicted octanol–water partition coefficient (Wildman–Crippen LogP) is 6.24. The SMILES string of the molecule is CCC[C@@H](ON1C(C)(C)CCCC1(C)C)c1ccc(CCl)cc1. The van der Waals surface area contributed by atoms with Crippen LogP contribution < -0.4 is 0 Å². The molecule has 3 heteroatoms. The van der Waals surface area contributed by atoms with Gasteiger partial charge in [0.05, 0.1) is 0 Å². The standard InChI is InChI=1S/C20H32ClNO/c1-6-8-18(17-11-9-16(15-21)10-12-17)23-22-19(2,3)13-7-14-20(22,4)5/h9-12,18H,6-8,13-15H2,1-5H3/t18-/m1/s1. The summed E-state index contributed by atoms with van der Waals surface area (Å²) in [6, 6.07) is 8.56. The highest BCUT2D eigenvalue weighted by atomic mass is 35.5. The maximum absolute atomic E-state index is 6.62. The molecule has 1 fully saturated rings. The van der Waals surface area contributed by atoms with Gasteiger partial charge in [-0.05, 0) is 64.5 Å². The maximum atomic E-state index is 6.62. The number of nitrogens with zero attached hydrogens (tertiary/aromatic N) is 1. The van der Waals surface area contributed by atoms with E-state index in [2.05, 4.69) is 63.9 Å². The van der Waals surface area contributed by atoms with E-state index in [0.717, 1.165) is 18.4 Å². The largest absolute Gasteiger partial charge is 0.290 e. The van der Waals surface area contributed by atoms with Crippen LogP contribution in [0.1, 0.15) is 84.0 Å². The Morgan fingerprint density at radius 1 is 1.09 bits per heavy atom. The number of hydroxylamine groups is 2. The fourth-order valence-corrected chi connectivity index (χ4v) is 3.93.